The Morgan fingerprint density at radius 3 is 2.08 bits per heavy atom. The molecule has 2 nitrogen and oxygen atoms in total. The second-order valence-corrected chi connectivity index (χ2v) is 7.24. The quantitative estimate of drug-likeness (QED) is 0.753. The minimum Gasteiger partial charge on any atom is -0.376 e. The van der Waals surface area contributed by atoms with Crippen molar-refractivity contribution in [2.45, 2.75) is 37.8 Å². The van der Waals surface area contributed by atoms with Crippen LogP contribution in [0.3, 0.4) is 0 Å². The summed E-state index contributed by atoms with van der Waals surface area (Å²) in [6.07, 6.45) is 4.90. The predicted molar refractivity (Wildman–Crippen MR) is 99.9 cm³/mol. The SMILES string of the molecule is CN(C)C1(c2ccccc2)CCC(COCc2ccccc2)CC1. The Bertz CT molecular complexity index is 600. The zero-order valence-electron chi connectivity index (χ0n) is 14.9. The fourth-order valence-corrected chi connectivity index (χ4v) is 3.98. The number of nitrogens with zero attached hydrogens (tertiary/aromatic N) is 1. The Morgan fingerprint density at radius 1 is 0.917 bits per heavy atom. The molecule has 24 heavy (non-hydrogen) atoms. The number of hydrogen-bond acceptors (Lipinski definition) is 2. The lowest BCUT2D eigenvalue weighted by atomic mass is 9.72. The van der Waals surface area contributed by atoms with Gasteiger partial charge in [-0.15, -0.1) is 0 Å². The summed E-state index contributed by atoms with van der Waals surface area (Å²) in [4.78, 5) is 2.42. The first-order chi connectivity index (χ1) is 11.7. The Morgan fingerprint density at radius 2 is 1.50 bits per heavy atom. The number of benzene rings is 2. The van der Waals surface area contributed by atoms with Crippen molar-refractivity contribution >= 4 is 0 Å². The first-order valence-corrected chi connectivity index (χ1v) is 9.05. The molecule has 1 aliphatic carbocycles. The van der Waals surface area contributed by atoms with Crippen molar-refractivity contribution in [3.63, 3.8) is 0 Å². The number of hydrogen-bond donors (Lipinski definition) is 0. The maximum Gasteiger partial charge on any atom is 0.0717 e. The first kappa shape index (κ1) is 17.2. The molecular weight excluding hydrogens is 294 g/mol. The summed E-state index contributed by atoms with van der Waals surface area (Å²) in [7, 11) is 4.44. The maximum atomic E-state index is 5.98. The van der Waals surface area contributed by atoms with Crippen LogP contribution in [0, 0.1) is 5.92 Å². The topological polar surface area (TPSA) is 12.5 Å². The summed E-state index contributed by atoms with van der Waals surface area (Å²) in [5.74, 6) is 0.686. The van der Waals surface area contributed by atoms with Crippen LogP contribution in [0.15, 0.2) is 60.7 Å². The lowest BCUT2D eigenvalue weighted by molar-refractivity contribution is 0.0287. The first-order valence-electron chi connectivity index (χ1n) is 9.05. The van der Waals surface area contributed by atoms with E-state index in [0.717, 1.165) is 13.2 Å². The third kappa shape index (κ3) is 3.88. The third-order valence-corrected chi connectivity index (χ3v) is 5.56. The van der Waals surface area contributed by atoms with Gasteiger partial charge in [-0.1, -0.05) is 60.7 Å². The lowest BCUT2D eigenvalue weighted by Gasteiger charge is -2.45. The molecule has 1 fully saturated rings. The molecule has 0 spiro atoms. The van der Waals surface area contributed by atoms with Crippen LogP contribution < -0.4 is 0 Å². The van der Waals surface area contributed by atoms with Crippen molar-refractivity contribution in [2.75, 3.05) is 20.7 Å². The summed E-state index contributed by atoms with van der Waals surface area (Å²) < 4.78 is 5.98. The van der Waals surface area contributed by atoms with E-state index in [1.807, 2.05) is 0 Å². The second-order valence-electron chi connectivity index (χ2n) is 7.24. The summed E-state index contributed by atoms with van der Waals surface area (Å²) in [6, 6.07) is 21.5. The number of rotatable bonds is 6. The van der Waals surface area contributed by atoms with Gasteiger partial charge in [-0.3, -0.25) is 4.90 Å². The molecule has 128 valence electrons. The molecule has 0 aliphatic heterocycles. The van der Waals surface area contributed by atoms with E-state index in [0.29, 0.717) is 5.92 Å². The van der Waals surface area contributed by atoms with Crippen LogP contribution in [0.2, 0.25) is 0 Å². The van der Waals surface area contributed by atoms with Gasteiger partial charge >= 0.3 is 0 Å². The van der Waals surface area contributed by atoms with Crippen LogP contribution >= 0.6 is 0 Å². The van der Waals surface area contributed by atoms with Gasteiger partial charge in [-0.25, -0.2) is 0 Å². The average Bonchev–Trinajstić information content (AvgIpc) is 2.64. The standard InChI is InChI=1S/C22H29NO/c1-23(2)22(21-11-7-4-8-12-21)15-13-20(14-16-22)18-24-17-19-9-5-3-6-10-19/h3-12,20H,13-18H2,1-2H3. The smallest absolute Gasteiger partial charge is 0.0717 e. The van der Waals surface area contributed by atoms with Crippen molar-refractivity contribution in [3.05, 3.63) is 71.8 Å². The van der Waals surface area contributed by atoms with E-state index >= 15 is 0 Å². The fraction of sp³-hybridized carbons (Fsp3) is 0.455. The van der Waals surface area contributed by atoms with Gasteiger partial charge in [0.25, 0.3) is 0 Å². The van der Waals surface area contributed by atoms with E-state index in [4.69, 9.17) is 4.74 Å². The Kier molecular flexibility index (Phi) is 5.70. The van der Waals surface area contributed by atoms with Gasteiger partial charge < -0.3 is 4.74 Å². The predicted octanol–water partition coefficient (Wildman–Crippen LogP) is 4.85. The molecule has 0 saturated heterocycles. The summed E-state index contributed by atoms with van der Waals surface area (Å²) in [6.45, 7) is 1.61. The van der Waals surface area contributed by atoms with Crippen LogP contribution in [0.1, 0.15) is 36.8 Å². The molecular formula is C22H29NO. The molecule has 0 unspecified atom stereocenters. The molecule has 0 N–H and O–H groups in total. The second kappa shape index (κ2) is 7.96. The Hall–Kier alpha value is -1.64. The Balaban J connectivity index is 1.54. The van der Waals surface area contributed by atoms with Gasteiger partial charge in [-0.05, 0) is 56.8 Å². The summed E-state index contributed by atoms with van der Waals surface area (Å²) in [5.41, 5.74) is 2.91. The molecule has 1 saturated carbocycles. The van der Waals surface area contributed by atoms with Crippen LogP contribution in [0.4, 0.5) is 0 Å². The molecule has 3 rings (SSSR count). The fourth-order valence-electron chi connectivity index (χ4n) is 3.98. The molecule has 0 bridgehead atoms. The van der Waals surface area contributed by atoms with E-state index in [1.165, 1.54) is 36.8 Å². The van der Waals surface area contributed by atoms with Crippen molar-refractivity contribution in [3.8, 4) is 0 Å². The van der Waals surface area contributed by atoms with Crippen LogP contribution in [0.25, 0.3) is 0 Å². The molecule has 2 heteroatoms. The van der Waals surface area contributed by atoms with Crippen LogP contribution in [0.5, 0.6) is 0 Å². The van der Waals surface area contributed by atoms with E-state index in [9.17, 15) is 0 Å². The molecule has 1 aliphatic rings. The highest BCUT2D eigenvalue weighted by Gasteiger charge is 2.38. The van der Waals surface area contributed by atoms with Gasteiger partial charge in [0.05, 0.1) is 6.61 Å². The molecule has 0 atom stereocenters. The minimum atomic E-state index is 0.192. The Labute approximate surface area is 146 Å². The normalized spacial score (nSPS) is 24.2. The summed E-state index contributed by atoms with van der Waals surface area (Å²) >= 11 is 0. The number of ether oxygens (including phenoxy) is 1. The minimum absolute atomic E-state index is 0.192. The monoisotopic (exact) mass is 323 g/mol. The van der Waals surface area contributed by atoms with Crippen molar-refractivity contribution in [1.82, 2.24) is 4.90 Å². The van der Waals surface area contributed by atoms with E-state index < -0.39 is 0 Å². The van der Waals surface area contributed by atoms with Crippen LogP contribution in [-0.4, -0.2) is 25.6 Å². The third-order valence-electron chi connectivity index (χ3n) is 5.56. The zero-order chi connectivity index (χ0) is 16.8. The van der Waals surface area contributed by atoms with Crippen molar-refractivity contribution < 1.29 is 4.74 Å². The van der Waals surface area contributed by atoms with E-state index in [2.05, 4.69) is 79.7 Å². The van der Waals surface area contributed by atoms with Gasteiger partial charge in [0.15, 0.2) is 0 Å². The highest BCUT2D eigenvalue weighted by Crippen LogP contribution is 2.43. The van der Waals surface area contributed by atoms with Crippen molar-refractivity contribution in [2.24, 2.45) is 5.92 Å². The average molecular weight is 323 g/mol. The molecule has 0 amide bonds. The van der Waals surface area contributed by atoms with Crippen LogP contribution in [-0.2, 0) is 16.9 Å². The van der Waals surface area contributed by atoms with E-state index in [-0.39, 0.29) is 5.54 Å². The largest absolute Gasteiger partial charge is 0.376 e. The summed E-state index contributed by atoms with van der Waals surface area (Å²) in [5, 5.41) is 0. The highest BCUT2D eigenvalue weighted by atomic mass is 16.5. The highest BCUT2D eigenvalue weighted by molar-refractivity contribution is 5.25. The molecule has 0 heterocycles. The van der Waals surface area contributed by atoms with E-state index in [1.54, 1.807) is 0 Å². The van der Waals surface area contributed by atoms with Gasteiger partial charge in [0.1, 0.15) is 0 Å². The lowest BCUT2D eigenvalue weighted by Crippen LogP contribution is -2.44. The van der Waals surface area contributed by atoms with Gasteiger partial charge in [0.2, 0.25) is 0 Å². The van der Waals surface area contributed by atoms with Gasteiger partial charge in [0, 0.05) is 12.1 Å². The zero-order valence-corrected chi connectivity index (χ0v) is 14.9. The van der Waals surface area contributed by atoms with Crippen molar-refractivity contribution in [1.29, 1.82) is 0 Å². The molecule has 0 radical (unpaired) electrons. The molecule has 2 aromatic carbocycles. The maximum absolute atomic E-state index is 5.98. The van der Waals surface area contributed by atoms with Gasteiger partial charge in [-0.2, -0.15) is 0 Å². The molecule has 0 aromatic heterocycles. The molecule has 2 aromatic rings.